The van der Waals surface area contributed by atoms with E-state index < -0.39 is 29.0 Å². The molecule has 0 aliphatic carbocycles. The van der Waals surface area contributed by atoms with Crippen molar-refractivity contribution >= 4 is 23.4 Å². The van der Waals surface area contributed by atoms with Crippen LogP contribution in [0.2, 0.25) is 0 Å². The fourth-order valence-electron chi connectivity index (χ4n) is 3.53. The summed E-state index contributed by atoms with van der Waals surface area (Å²) in [4.78, 5) is 31.9. The Hall–Kier alpha value is -4.63. The van der Waals surface area contributed by atoms with Crippen LogP contribution in [0.3, 0.4) is 0 Å². The fraction of sp³-hybridized carbons (Fsp3) is 0.111. The Morgan fingerprint density at radius 1 is 1.13 bits per heavy atom. The molecule has 12 heteroatoms. The number of carbonyl (C=O) groups is 1. The van der Waals surface area contributed by atoms with Gasteiger partial charge >= 0.3 is 6.18 Å². The van der Waals surface area contributed by atoms with Crippen LogP contribution in [0.1, 0.15) is 27.0 Å². The van der Waals surface area contributed by atoms with Gasteiger partial charge in [0.25, 0.3) is 11.5 Å². The molecule has 0 saturated heterocycles. The Bertz CT molecular complexity index is 1630. The highest BCUT2D eigenvalue weighted by molar-refractivity contribution is 7.98. The predicted molar refractivity (Wildman–Crippen MR) is 137 cm³/mol. The summed E-state index contributed by atoms with van der Waals surface area (Å²) >= 11 is 1.21. The second-order valence-electron chi connectivity index (χ2n) is 8.07. The van der Waals surface area contributed by atoms with Crippen molar-refractivity contribution in [2.24, 2.45) is 0 Å². The molecule has 1 amide bonds. The normalized spacial score (nSPS) is 11.1. The predicted octanol–water partition coefficient (Wildman–Crippen LogP) is 6.02. The van der Waals surface area contributed by atoms with E-state index >= 15 is 0 Å². The Morgan fingerprint density at radius 2 is 1.87 bits per heavy atom. The number of carbonyl (C=O) groups excluding carboxylic acids is 1. The highest BCUT2D eigenvalue weighted by Gasteiger charge is 2.34. The summed E-state index contributed by atoms with van der Waals surface area (Å²) in [5.41, 5.74) is -0.710. The van der Waals surface area contributed by atoms with Gasteiger partial charge in [-0.3, -0.25) is 9.59 Å². The SMILES string of the molecule is COc1cccc(-c2nc(SCc3ccc(NC(=O)c4ccc(F)c(C(F)(F)F)c4)cc3)[nH]c(=O)c2C#N)c1. The molecule has 0 atom stereocenters. The van der Waals surface area contributed by atoms with E-state index in [0.29, 0.717) is 34.9 Å². The highest BCUT2D eigenvalue weighted by Crippen LogP contribution is 2.32. The van der Waals surface area contributed by atoms with Crippen molar-refractivity contribution in [1.29, 1.82) is 5.26 Å². The number of thioether (sulfide) groups is 1. The molecule has 3 aromatic carbocycles. The molecule has 4 aromatic rings. The number of aromatic nitrogens is 2. The van der Waals surface area contributed by atoms with Crippen molar-refractivity contribution in [2.75, 3.05) is 12.4 Å². The van der Waals surface area contributed by atoms with Crippen molar-refractivity contribution < 1.29 is 27.1 Å². The van der Waals surface area contributed by atoms with Gasteiger partial charge in [0.15, 0.2) is 5.16 Å². The zero-order valence-corrected chi connectivity index (χ0v) is 20.9. The minimum atomic E-state index is -4.93. The van der Waals surface area contributed by atoms with E-state index in [0.717, 1.165) is 11.6 Å². The van der Waals surface area contributed by atoms with Gasteiger partial charge in [0.05, 0.1) is 18.4 Å². The number of halogens is 4. The standard InChI is InChI=1S/C27H18F4N4O3S/c1-38-19-4-2-3-16(11-19)23-20(13-32)25(37)35-26(34-23)39-14-15-5-8-18(9-6-15)33-24(36)17-7-10-22(28)21(12-17)27(29,30)31/h2-12H,14H2,1H3,(H,33,36)(H,34,35,37). The van der Waals surface area contributed by atoms with E-state index in [2.05, 4.69) is 15.3 Å². The smallest absolute Gasteiger partial charge is 0.419 e. The van der Waals surface area contributed by atoms with Crippen LogP contribution in [0.25, 0.3) is 11.3 Å². The maximum absolute atomic E-state index is 13.5. The summed E-state index contributed by atoms with van der Waals surface area (Å²) in [7, 11) is 1.50. The number of amides is 1. The number of nitrogens with zero attached hydrogens (tertiary/aromatic N) is 2. The number of nitrogens with one attached hydrogen (secondary N) is 2. The molecule has 0 spiro atoms. The largest absolute Gasteiger partial charge is 0.497 e. The first-order valence-corrected chi connectivity index (χ1v) is 12.2. The lowest BCUT2D eigenvalue weighted by atomic mass is 10.1. The third kappa shape index (κ3) is 6.45. The molecular formula is C27H18F4N4O3S. The molecule has 1 heterocycles. The van der Waals surface area contributed by atoms with Gasteiger partial charge in [-0.2, -0.15) is 18.4 Å². The summed E-state index contributed by atoms with van der Waals surface area (Å²) in [6.07, 6.45) is -4.93. The number of H-pyrrole nitrogens is 1. The van der Waals surface area contributed by atoms with Crippen molar-refractivity contribution in [3.05, 3.63) is 105 Å². The average Bonchev–Trinajstić information content (AvgIpc) is 2.92. The number of methoxy groups -OCH3 is 1. The maximum Gasteiger partial charge on any atom is 0.419 e. The first-order chi connectivity index (χ1) is 18.6. The third-order valence-electron chi connectivity index (χ3n) is 5.47. The molecule has 2 N–H and O–H groups in total. The zero-order chi connectivity index (χ0) is 28.2. The van der Waals surface area contributed by atoms with Crippen LogP contribution in [0.5, 0.6) is 5.75 Å². The number of aromatic amines is 1. The Balaban J connectivity index is 1.46. The quantitative estimate of drug-likeness (QED) is 0.164. The van der Waals surface area contributed by atoms with Gasteiger partial charge in [-0.15, -0.1) is 0 Å². The number of nitriles is 1. The van der Waals surface area contributed by atoms with Crippen molar-refractivity contribution in [3.8, 4) is 23.1 Å². The molecule has 4 rings (SSSR count). The average molecular weight is 555 g/mol. The van der Waals surface area contributed by atoms with Gasteiger partial charge in [-0.1, -0.05) is 36.0 Å². The lowest BCUT2D eigenvalue weighted by Gasteiger charge is -2.11. The lowest BCUT2D eigenvalue weighted by molar-refractivity contribution is -0.140. The third-order valence-corrected chi connectivity index (χ3v) is 6.42. The summed E-state index contributed by atoms with van der Waals surface area (Å²) in [6, 6.07) is 17.2. The molecule has 0 saturated carbocycles. The summed E-state index contributed by atoms with van der Waals surface area (Å²) < 4.78 is 57.5. The monoisotopic (exact) mass is 554 g/mol. The summed E-state index contributed by atoms with van der Waals surface area (Å²) in [6.45, 7) is 0. The summed E-state index contributed by atoms with van der Waals surface area (Å²) in [5.74, 6) is -1.38. The fourth-order valence-corrected chi connectivity index (χ4v) is 4.34. The van der Waals surface area contributed by atoms with Crippen LogP contribution in [-0.2, 0) is 11.9 Å². The highest BCUT2D eigenvalue weighted by atomic mass is 32.2. The van der Waals surface area contributed by atoms with Crippen LogP contribution in [0, 0.1) is 17.1 Å². The number of hydrogen-bond acceptors (Lipinski definition) is 6. The molecule has 0 bridgehead atoms. The second kappa shape index (κ2) is 11.4. The molecule has 0 fully saturated rings. The number of alkyl halides is 3. The minimum Gasteiger partial charge on any atom is -0.497 e. The molecule has 0 radical (unpaired) electrons. The van der Waals surface area contributed by atoms with Gasteiger partial charge in [0.2, 0.25) is 0 Å². The van der Waals surface area contributed by atoms with Crippen LogP contribution in [0.15, 0.2) is 76.7 Å². The van der Waals surface area contributed by atoms with Gasteiger partial charge in [-0.25, -0.2) is 9.37 Å². The Kier molecular flexibility index (Phi) is 8.01. The molecule has 7 nitrogen and oxygen atoms in total. The number of ether oxygens (including phenoxy) is 1. The number of anilines is 1. The second-order valence-corrected chi connectivity index (χ2v) is 9.03. The lowest BCUT2D eigenvalue weighted by Crippen LogP contribution is -2.15. The van der Waals surface area contributed by atoms with E-state index in [9.17, 15) is 32.4 Å². The molecular weight excluding hydrogens is 536 g/mol. The van der Waals surface area contributed by atoms with Gasteiger partial charge in [0.1, 0.15) is 23.2 Å². The van der Waals surface area contributed by atoms with Gasteiger partial charge < -0.3 is 15.0 Å². The van der Waals surface area contributed by atoms with Crippen LogP contribution < -0.4 is 15.6 Å². The zero-order valence-electron chi connectivity index (χ0n) is 20.1. The topological polar surface area (TPSA) is 108 Å². The van der Waals surface area contributed by atoms with Crippen molar-refractivity contribution in [3.63, 3.8) is 0 Å². The molecule has 1 aromatic heterocycles. The molecule has 39 heavy (non-hydrogen) atoms. The van der Waals surface area contributed by atoms with E-state index in [4.69, 9.17) is 4.74 Å². The van der Waals surface area contributed by atoms with Gasteiger partial charge in [0, 0.05) is 22.6 Å². The molecule has 0 aliphatic rings. The van der Waals surface area contributed by atoms with E-state index in [-0.39, 0.29) is 22.0 Å². The van der Waals surface area contributed by atoms with Crippen LogP contribution in [0.4, 0.5) is 23.2 Å². The van der Waals surface area contributed by atoms with Crippen molar-refractivity contribution in [1.82, 2.24) is 9.97 Å². The summed E-state index contributed by atoms with van der Waals surface area (Å²) in [5, 5.41) is 12.2. The van der Waals surface area contributed by atoms with E-state index in [1.54, 1.807) is 48.5 Å². The minimum absolute atomic E-state index is 0.129. The van der Waals surface area contributed by atoms with Gasteiger partial charge in [-0.05, 0) is 48.0 Å². The van der Waals surface area contributed by atoms with E-state index in [1.165, 1.54) is 18.9 Å². The van der Waals surface area contributed by atoms with Crippen LogP contribution >= 0.6 is 11.8 Å². The maximum atomic E-state index is 13.5. The first-order valence-electron chi connectivity index (χ1n) is 11.2. The molecule has 198 valence electrons. The Labute approximate surface area is 223 Å². The van der Waals surface area contributed by atoms with Crippen molar-refractivity contribution in [2.45, 2.75) is 17.1 Å². The number of benzene rings is 3. The molecule has 0 aliphatic heterocycles. The Morgan fingerprint density at radius 3 is 2.54 bits per heavy atom. The molecule has 0 unspecified atom stereocenters. The number of hydrogen-bond donors (Lipinski definition) is 2. The number of rotatable bonds is 7. The van der Waals surface area contributed by atoms with E-state index in [1.807, 2.05) is 6.07 Å². The first kappa shape index (κ1) is 27.4. The van der Waals surface area contributed by atoms with Crippen LogP contribution in [-0.4, -0.2) is 23.0 Å².